The first-order valence-electron chi connectivity index (χ1n) is 5.69. The highest BCUT2D eigenvalue weighted by atomic mass is 32.1. The Kier molecular flexibility index (Phi) is 5.37. The molecule has 5 nitrogen and oxygen atoms in total. The zero-order chi connectivity index (χ0) is 12.8. The number of aliphatic hydroxyl groups excluding tert-OH is 1. The number of aliphatic hydroxyl groups is 1. The number of anilines is 1. The molecule has 0 bridgehead atoms. The lowest BCUT2D eigenvalue weighted by Crippen LogP contribution is -2.34. The minimum absolute atomic E-state index is 0.0166. The summed E-state index contributed by atoms with van der Waals surface area (Å²) in [7, 11) is 1.78. The summed E-state index contributed by atoms with van der Waals surface area (Å²) in [6.07, 6.45) is 0.872. The number of hydrogen-bond donors (Lipinski definition) is 2. The highest BCUT2D eigenvalue weighted by Gasteiger charge is 2.22. The zero-order valence-electron chi connectivity index (χ0n) is 10.5. The van der Waals surface area contributed by atoms with Gasteiger partial charge in [-0.15, -0.1) is 0 Å². The summed E-state index contributed by atoms with van der Waals surface area (Å²) in [5.41, 5.74) is 1.36. The lowest BCUT2D eigenvalue weighted by atomic mass is 10.2. The average molecular weight is 257 g/mol. The molecule has 6 heteroatoms. The first-order valence-corrected chi connectivity index (χ1v) is 6.47. The van der Waals surface area contributed by atoms with Gasteiger partial charge in [0.05, 0.1) is 17.9 Å². The van der Waals surface area contributed by atoms with Gasteiger partial charge in [0.15, 0.2) is 0 Å². The fourth-order valence-corrected chi connectivity index (χ4v) is 2.39. The summed E-state index contributed by atoms with van der Waals surface area (Å²) in [6, 6.07) is 0. The quantitative estimate of drug-likeness (QED) is 0.807. The summed E-state index contributed by atoms with van der Waals surface area (Å²) in [4.78, 5) is 14.0. The van der Waals surface area contributed by atoms with E-state index >= 15 is 0 Å². The first kappa shape index (κ1) is 13.9. The van der Waals surface area contributed by atoms with Crippen molar-refractivity contribution in [2.45, 2.75) is 20.3 Å². The maximum atomic E-state index is 12.3. The van der Waals surface area contributed by atoms with Crippen LogP contribution in [0, 0.1) is 6.92 Å². The largest absolute Gasteiger partial charge is 0.395 e. The Morgan fingerprint density at radius 1 is 1.53 bits per heavy atom. The molecule has 0 radical (unpaired) electrons. The predicted octanol–water partition coefficient (Wildman–Crippen LogP) is 1.34. The Morgan fingerprint density at radius 2 is 2.24 bits per heavy atom. The van der Waals surface area contributed by atoms with Crippen molar-refractivity contribution >= 4 is 22.4 Å². The second-order valence-electron chi connectivity index (χ2n) is 3.74. The molecule has 1 heterocycles. The number of amides is 1. The van der Waals surface area contributed by atoms with Crippen LogP contribution in [0.5, 0.6) is 0 Å². The molecule has 0 saturated heterocycles. The van der Waals surface area contributed by atoms with E-state index in [1.807, 2.05) is 13.8 Å². The van der Waals surface area contributed by atoms with Crippen molar-refractivity contribution in [1.29, 1.82) is 0 Å². The minimum atomic E-state index is -0.0588. The van der Waals surface area contributed by atoms with Crippen molar-refractivity contribution in [2.24, 2.45) is 0 Å². The predicted molar refractivity (Wildman–Crippen MR) is 69.7 cm³/mol. The van der Waals surface area contributed by atoms with Crippen molar-refractivity contribution in [3.05, 3.63) is 11.3 Å². The molecule has 0 fully saturated rings. The second kappa shape index (κ2) is 6.56. The lowest BCUT2D eigenvalue weighted by Gasteiger charge is -2.21. The topological polar surface area (TPSA) is 65.5 Å². The molecule has 0 aliphatic rings. The van der Waals surface area contributed by atoms with E-state index in [9.17, 15) is 4.79 Å². The summed E-state index contributed by atoms with van der Waals surface area (Å²) in [5, 5.41) is 12.7. The summed E-state index contributed by atoms with van der Waals surface area (Å²) in [6.45, 7) is 4.84. The molecule has 96 valence electrons. The van der Waals surface area contributed by atoms with Gasteiger partial charge in [0, 0.05) is 20.1 Å². The fraction of sp³-hybridized carbons (Fsp3) is 0.636. The fourth-order valence-electron chi connectivity index (χ4n) is 1.66. The van der Waals surface area contributed by atoms with Crippen LogP contribution in [0.15, 0.2) is 0 Å². The summed E-state index contributed by atoms with van der Waals surface area (Å²) in [5.74, 6) is -0.0588. The lowest BCUT2D eigenvalue weighted by molar-refractivity contribution is 0.0722. The van der Waals surface area contributed by atoms with E-state index in [1.165, 1.54) is 11.5 Å². The Morgan fingerprint density at radius 3 is 2.76 bits per heavy atom. The molecule has 0 aliphatic heterocycles. The van der Waals surface area contributed by atoms with Gasteiger partial charge in [-0.3, -0.25) is 4.79 Å². The van der Waals surface area contributed by atoms with E-state index in [1.54, 1.807) is 11.9 Å². The number of aromatic nitrogens is 1. The smallest absolute Gasteiger partial charge is 0.258 e. The van der Waals surface area contributed by atoms with E-state index in [0.29, 0.717) is 18.7 Å². The van der Waals surface area contributed by atoms with Gasteiger partial charge < -0.3 is 15.3 Å². The van der Waals surface area contributed by atoms with Gasteiger partial charge in [0.25, 0.3) is 5.91 Å². The van der Waals surface area contributed by atoms with Gasteiger partial charge in [0.1, 0.15) is 5.00 Å². The molecule has 0 spiro atoms. The number of rotatable bonds is 6. The number of nitrogens with zero attached hydrogens (tertiary/aromatic N) is 2. The van der Waals surface area contributed by atoms with Crippen LogP contribution in [-0.2, 0) is 0 Å². The van der Waals surface area contributed by atoms with Crippen LogP contribution >= 0.6 is 11.5 Å². The van der Waals surface area contributed by atoms with E-state index in [4.69, 9.17) is 5.11 Å². The van der Waals surface area contributed by atoms with Crippen LogP contribution < -0.4 is 5.32 Å². The highest BCUT2D eigenvalue weighted by molar-refractivity contribution is 7.10. The number of nitrogens with one attached hydrogen (secondary N) is 1. The van der Waals surface area contributed by atoms with Crippen LogP contribution in [0.1, 0.15) is 29.4 Å². The van der Waals surface area contributed by atoms with Crippen molar-refractivity contribution < 1.29 is 9.90 Å². The van der Waals surface area contributed by atoms with Gasteiger partial charge >= 0.3 is 0 Å². The molecule has 1 rings (SSSR count). The molecule has 0 saturated carbocycles. The average Bonchev–Trinajstić information content (AvgIpc) is 2.69. The van der Waals surface area contributed by atoms with Crippen LogP contribution in [0.3, 0.4) is 0 Å². The van der Waals surface area contributed by atoms with E-state index in [0.717, 1.165) is 17.1 Å². The van der Waals surface area contributed by atoms with Crippen molar-refractivity contribution in [3.63, 3.8) is 0 Å². The third-order valence-electron chi connectivity index (χ3n) is 2.45. The van der Waals surface area contributed by atoms with Gasteiger partial charge in [-0.1, -0.05) is 6.92 Å². The first-order chi connectivity index (χ1) is 8.15. The van der Waals surface area contributed by atoms with Crippen molar-refractivity contribution in [1.82, 2.24) is 9.27 Å². The Balaban J connectivity index is 2.95. The number of aryl methyl sites for hydroxylation is 1. The number of carbonyl (C=O) groups is 1. The van der Waals surface area contributed by atoms with Gasteiger partial charge in [-0.25, -0.2) is 0 Å². The zero-order valence-corrected chi connectivity index (χ0v) is 11.3. The third-order valence-corrected chi connectivity index (χ3v) is 3.41. The molecule has 1 aromatic rings. The molecule has 2 N–H and O–H groups in total. The second-order valence-corrected chi connectivity index (χ2v) is 4.51. The maximum absolute atomic E-state index is 12.3. The maximum Gasteiger partial charge on any atom is 0.258 e. The summed E-state index contributed by atoms with van der Waals surface area (Å²) < 4.78 is 4.18. The van der Waals surface area contributed by atoms with Gasteiger partial charge in [-0.05, 0) is 24.9 Å². The van der Waals surface area contributed by atoms with Crippen molar-refractivity contribution in [3.8, 4) is 0 Å². The number of hydrogen-bond acceptors (Lipinski definition) is 5. The van der Waals surface area contributed by atoms with E-state index in [-0.39, 0.29) is 12.5 Å². The van der Waals surface area contributed by atoms with Crippen molar-refractivity contribution in [2.75, 3.05) is 32.1 Å². The Labute approximate surface area is 106 Å². The molecular formula is C11H19N3O2S. The molecule has 0 aromatic carbocycles. The van der Waals surface area contributed by atoms with Gasteiger partial charge in [-0.2, -0.15) is 4.37 Å². The molecule has 17 heavy (non-hydrogen) atoms. The Bertz CT molecular complexity index is 373. The standard InChI is InChI=1S/C11H19N3O2S/c1-4-5-14(6-7-15)11(16)9-8(2)13-17-10(9)12-3/h12,15H,4-7H2,1-3H3. The van der Waals surface area contributed by atoms with Crippen LogP contribution in [-0.4, -0.2) is 47.0 Å². The Hall–Kier alpha value is -1.14. The van der Waals surface area contributed by atoms with Gasteiger partial charge in [0.2, 0.25) is 0 Å². The minimum Gasteiger partial charge on any atom is -0.395 e. The molecule has 0 atom stereocenters. The third kappa shape index (κ3) is 3.17. The number of carbonyl (C=O) groups excluding carboxylic acids is 1. The van der Waals surface area contributed by atoms with Crippen LogP contribution in [0.25, 0.3) is 0 Å². The SMILES string of the molecule is CCCN(CCO)C(=O)c1c(C)nsc1NC. The van der Waals surface area contributed by atoms with E-state index in [2.05, 4.69) is 9.69 Å². The highest BCUT2D eigenvalue weighted by Crippen LogP contribution is 2.25. The van der Waals surface area contributed by atoms with E-state index < -0.39 is 0 Å². The molecule has 0 unspecified atom stereocenters. The van der Waals surface area contributed by atoms with Crippen LogP contribution in [0.4, 0.5) is 5.00 Å². The normalized spacial score (nSPS) is 10.4. The molecule has 1 aromatic heterocycles. The van der Waals surface area contributed by atoms with Crippen LogP contribution in [0.2, 0.25) is 0 Å². The molecule has 1 amide bonds. The molecular weight excluding hydrogens is 238 g/mol. The molecule has 0 aliphatic carbocycles. The summed E-state index contributed by atoms with van der Waals surface area (Å²) >= 11 is 1.29. The monoisotopic (exact) mass is 257 g/mol.